The molecule has 0 bridgehead atoms. The standard InChI is InChI=1S/C18H21NO3/c1-2-13-19-18(20)22-17-11-7-6-10-16(17)21-14-12-15-8-4-3-5-9-15/h3-11H,2,12-14H2,1H3,(H,19,20). The van der Waals surface area contributed by atoms with Crippen LogP contribution >= 0.6 is 0 Å². The van der Waals surface area contributed by atoms with Crippen molar-refractivity contribution in [3.8, 4) is 11.5 Å². The van der Waals surface area contributed by atoms with E-state index in [1.54, 1.807) is 12.1 Å². The summed E-state index contributed by atoms with van der Waals surface area (Å²) in [5.41, 5.74) is 1.21. The van der Waals surface area contributed by atoms with Crippen molar-refractivity contribution in [2.75, 3.05) is 13.2 Å². The van der Waals surface area contributed by atoms with Crippen LogP contribution in [0.15, 0.2) is 54.6 Å². The topological polar surface area (TPSA) is 47.6 Å². The molecule has 0 aliphatic heterocycles. The van der Waals surface area contributed by atoms with E-state index in [1.807, 2.05) is 37.3 Å². The summed E-state index contributed by atoms with van der Waals surface area (Å²) >= 11 is 0. The van der Waals surface area contributed by atoms with Gasteiger partial charge in [-0.1, -0.05) is 49.4 Å². The highest BCUT2D eigenvalue weighted by molar-refractivity contribution is 5.71. The Bertz CT molecular complexity index is 584. The van der Waals surface area contributed by atoms with Crippen LogP contribution in [0.3, 0.4) is 0 Å². The highest BCUT2D eigenvalue weighted by Crippen LogP contribution is 2.26. The van der Waals surface area contributed by atoms with Crippen molar-refractivity contribution in [2.24, 2.45) is 0 Å². The van der Waals surface area contributed by atoms with E-state index in [-0.39, 0.29) is 0 Å². The average molecular weight is 299 g/mol. The quantitative estimate of drug-likeness (QED) is 0.845. The van der Waals surface area contributed by atoms with Gasteiger partial charge >= 0.3 is 6.09 Å². The van der Waals surface area contributed by atoms with Gasteiger partial charge in [-0.25, -0.2) is 4.79 Å². The first-order chi connectivity index (χ1) is 10.8. The van der Waals surface area contributed by atoms with Crippen LogP contribution in [0.5, 0.6) is 11.5 Å². The summed E-state index contributed by atoms with van der Waals surface area (Å²) in [5, 5.41) is 2.67. The normalized spacial score (nSPS) is 10.0. The van der Waals surface area contributed by atoms with E-state index < -0.39 is 6.09 Å². The number of amides is 1. The van der Waals surface area contributed by atoms with E-state index in [2.05, 4.69) is 17.4 Å². The van der Waals surface area contributed by atoms with Gasteiger partial charge in [0.2, 0.25) is 0 Å². The molecule has 0 radical (unpaired) electrons. The third-order valence-electron chi connectivity index (χ3n) is 3.06. The predicted octanol–water partition coefficient (Wildman–Crippen LogP) is 3.81. The third-order valence-corrected chi connectivity index (χ3v) is 3.06. The minimum absolute atomic E-state index is 0.434. The van der Waals surface area contributed by atoms with Gasteiger partial charge in [-0.05, 0) is 24.1 Å². The van der Waals surface area contributed by atoms with Gasteiger partial charge in [0, 0.05) is 13.0 Å². The predicted molar refractivity (Wildman–Crippen MR) is 86.4 cm³/mol. The molecule has 2 rings (SSSR count). The number of hydrogen-bond donors (Lipinski definition) is 1. The van der Waals surface area contributed by atoms with Gasteiger partial charge in [-0.3, -0.25) is 0 Å². The van der Waals surface area contributed by atoms with Crippen LogP contribution in [0.2, 0.25) is 0 Å². The average Bonchev–Trinajstić information content (AvgIpc) is 2.55. The summed E-state index contributed by atoms with van der Waals surface area (Å²) in [4.78, 5) is 11.6. The summed E-state index contributed by atoms with van der Waals surface area (Å²) in [7, 11) is 0. The van der Waals surface area contributed by atoms with Crippen LogP contribution in [-0.2, 0) is 6.42 Å². The SMILES string of the molecule is CCCNC(=O)Oc1ccccc1OCCc1ccccc1. The van der Waals surface area contributed by atoms with Crippen LogP contribution < -0.4 is 14.8 Å². The highest BCUT2D eigenvalue weighted by Gasteiger charge is 2.09. The lowest BCUT2D eigenvalue weighted by atomic mass is 10.2. The number of hydrogen-bond acceptors (Lipinski definition) is 3. The maximum Gasteiger partial charge on any atom is 0.412 e. The van der Waals surface area contributed by atoms with Crippen molar-refractivity contribution in [1.82, 2.24) is 5.32 Å². The molecule has 1 amide bonds. The maximum atomic E-state index is 11.6. The van der Waals surface area contributed by atoms with Gasteiger partial charge < -0.3 is 14.8 Å². The zero-order valence-electron chi connectivity index (χ0n) is 12.7. The first-order valence-electron chi connectivity index (χ1n) is 7.51. The molecule has 0 spiro atoms. The largest absolute Gasteiger partial charge is 0.489 e. The van der Waals surface area contributed by atoms with E-state index in [0.717, 1.165) is 12.8 Å². The summed E-state index contributed by atoms with van der Waals surface area (Å²) in [6, 6.07) is 17.3. The molecule has 0 saturated heterocycles. The number of ether oxygens (including phenoxy) is 2. The van der Waals surface area contributed by atoms with Gasteiger partial charge in [-0.15, -0.1) is 0 Å². The van der Waals surface area contributed by atoms with Crippen LogP contribution in [0, 0.1) is 0 Å². The number of benzene rings is 2. The van der Waals surface area contributed by atoms with Crippen molar-refractivity contribution in [1.29, 1.82) is 0 Å². The molecule has 2 aromatic rings. The lowest BCUT2D eigenvalue weighted by molar-refractivity contribution is 0.197. The van der Waals surface area contributed by atoms with Gasteiger partial charge in [-0.2, -0.15) is 0 Å². The molecule has 0 aliphatic rings. The Balaban J connectivity index is 1.89. The second kappa shape index (κ2) is 8.72. The lowest BCUT2D eigenvalue weighted by Gasteiger charge is -2.12. The van der Waals surface area contributed by atoms with E-state index >= 15 is 0 Å². The van der Waals surface area contributed by atoms with Crippen LogP contribution in [-0.4, -0.2) is 19.2 Å². The highest BCUT2D eigenvalue weighted by atomic mass is 16.6. The summed E-state index contributed by atoms with van der Waals surface area (Å²) in [6.45, 7) is 3.11. The van der Waals surface area contributed by atoms with Crippen LogP contribution in [0.4, 0.5) is 4.79 Å². The van der Waals surface area contributed by atoms with E-state index in [9.17, 15) is 4.79 Å². The van der Waals surface area contributed by atoms with E-state index in [4.69, 9.17) is 9.47 Å². The molecular formula is C18H21NO3. The minimum Gasteiger partial charge on any atom is -0.489 e. The third kappa shape index (κ3) is 5.13. The Labute approximate surface area is 131 Å². The van der Waals surface area contributed by atoms with Crippen molar-refractivity contribution >= 4 is 6.09 Å². The van der Waals surface area contributed by atoms with Gasteiger partial charge in [0.25, 0.3) is 0 Å². The molecule has 0 unspecified atom stereocenters. The Morgan fingerprint density at radius 3 is 2.41 bits per heavy atom. The summed E-state index contributed by atoms with van der Waals surface area (Å²) < 4.78 is 11.0. The fourth-order valence-electron chi connectivity index (χ4n) is 1.94. The number of carbonyl (C=O) groups is 1. The van der Waals surface area contributed by atoms with Crippen molar-refractivity contribution in [2.45, 2.75) is 19.8 Å². The molecule has 0 heterocycles. The van der Waals surface area contributed by atoms with Gasteiger partial charge in [0.1, 0.15) is 0 Å². The van der Waals surface area contributed by atoms with Crippen molar-refractivity contribution < 1.29 is 14.3 Å². The second-order valence-electron chi connectivity index (χ2n) is 4.85. The first-order valence-corrected chi connectivity index (χ1v) is 7.51. The van der Waals surface area contributed by atoms with Crippen LogP contribution in [0.25, 0.3) is 0 Å². The van der Waals surface area contributed by atoms with E-state index in [0.29, 0.717) is 24.7 Å². The number of carbonyl (C=O) groups excluding carboxylic acids is 1. The van der Waals surface area contributed by atoms with Gasteiger partial charge in [0.15, 0.2) is 11.5 Å². The molecule has 116 valence electrons. The molecule has 1 N–H and O–H groups in total. The zero-order chi connectivity index (χ0) is 15.6. The Morgan fingerprint density at radius 2 is 1.68 bits per heavy atom. The Kier molecular flexibility index (Phi) is 6.30. The molecule has 0 atom stereocenters. The smallest absolute Gasteiger partial charge is 0.412 e. The maximum absolute atomic E-state index is 11.6. The van der Waals surface area contributed by atoms with Gasteiger partial charge in [0.05, 0.1) is 6.61 Å². The molecule has 22 heavy (non-hydrogen) atoms. The Morgan fingerprint density at radius 1 is 1.00 bits per heavy atom. The first kappa shape index (κ1) is 15.9. The molecule has 0 fully saturated rings. The monoisotopic (exact) mass is 299 g/mol. The second-order valence-corrected chi connectivity index (χ2v) is 4.85. The fraction of sp³-hybridized carbons (Fsp3) is 0.278. The zero-order valence-corrected chi connectivity index (χ0v) is 12.7. The number of nitrogens with one attached hydrogen (secondary N) is 1. The summed E-state index contributed by atoms with van der Waals surface area (Å²) in [6.07, 6.45) is 1.21. The molecule has 4 nitrogen and oxygen atoms in total. The molecule has 0 aliphatic carbocycles. The minimum atomic E-state index is -0.457. The number of rotatable bonds is 7. The van der Waals surface area contributed by atoms with Crippen molar-refractivity contribution in [3.63, 3.8) is 0 Å². The fourth-order valence-corrected chi connectivity index (χ4v) is 1.94. The number of para-hydroxylation sites is 2. The molecular weight excluding hydrogens is 278 g/mol. The Hall–Kier alpha value is -2.49. The lowest BCUT2D eigenvalue weighted by Crippen LogP contribution is -2.27. The molecule has 2 aromatic carbocycles. The summed E-state index contributed by atoms with van der Waals surface area (Å²) in [5.74, 6) is 1.01. The molecule has 4 heteroatoms. The molecule has 0 saturated carbocycles. The van der Waals surface area contributed by atoms with Crippen molar-refractivity contribution in [3.05, 3.63) is 60.2 Å². The van der Waals surface area contributed by atoms with Crippen LogP contribution in [0.1, 0.15) is 18.9 Å². The molecule has 0 aromatic heterocycles. The van der Waals surface area contributed by atoms with E-state index in [1.165, 1.54) is 5.56 Å².